The molecule has 114 valence electrons. The summed E-state index contributed by atoms with van der Waals surface area (Å²) >= 11 is 0. The number of benzene rings is 1. The van der Waals surface area contributed by atoms with Gasteiger partial charge in [-0.05, 0) is 75.4 Å². The van der Waals surface area contributed by atoms with Gasteiger partial charge in [-0.25, -0.2) is 0 Å². The predicted molar refractivity (Wildman–Crippen MR) is 88.8 cm³/mol. The highest BCUT2D eigenvalue weighted by molar-refractivity contribution is 5.92. The van der Waals surface area contributed by atoms with Crippen molar-refractivity contribution in [2.75, 3.05) is 26.0 Å². The van der Waals surface area contributed by atoms with Crippen LogP contribution < -0.4 is 11.1 Å². The van der Waals surface area contributed by atoms with Gasteiger partial charge in [0.15, 0.2) is 5.96 Å². The number of likely N-dealkylation sites (N-methyl/N-ethyl adjacent to an activating group) is 1. The van der Waals surface area contributed by atoms with E-state index in [4.69, 9.17) is 5.73 Å². The van der Waals surface area contributed by atoms with Crippen LogP contribution in [-0.2, 0) is 12.8 Å². The molecule has 0 saturated heterocycles. The smallest absolute Gasteiger partial charge is 0.193 e. The highest BCUT2D eigenvalue weighted by atomic mass is 15.2. The Balaban J connectivity index is 1.60. The average molecular weight is 286 g/mol. The molecule has 0 heterocycles. The summed E-state index contributed by atoms with van der Waals surface area (Å²) in [5.41, 5.74) is 10.0. The van der Waals surface area contributed by atoms with Gasteiger partial charge in [-0.15, -0.1) is 0 Å². The fourth-order valence-corrected chi connectivity index (χ4v) is 3.24. The fraction of sp³-hybridized carbons (Fsp3) is 0.588. The minimum absolute atomic E-state index is 0.519. The number of hydrogen-bond donors (Lipinski definition) is 2. The summed E-state index contributed by atoms with van der Waals surface area (Å²) in [6.07, 6.45) is 6.33. The lowest BCUT2D eigenvalue weighted by molar-refractivity contribution is 0.271. The summed E-state index contributed by atoms with van der Waals surface area (Å²) in [5, 5.41) is 3.23. The highest BCUT2D eigenvalue weighted by Crippen LogP contribution is 2.34. The Labute approximate surface area is 127 Å². The van der Waals surface area contributed by atoms with Crippen molar-refractivity contribution in [3.8, 4) is 0 Å². The molecule has 4 heteroatoms. The minimum Gasteiger partial charge on any atom is -0.370 e. The zero-order valence-electron chi connectivity index (χ0n) is 13.1. The molecule has 0 aliphatic heterocycles. The molecule has 1 atom stereocenters. The van der Waals surface area contributed by atoms with Gasteiger partial charge in [-0.2, -0.15) is 0 Å². The maximum atomic E-state index is 6.04. The summed E-state index contributed by atoms with van der Waals surface area (Å²) in [6.45, 7) is 0.779. The van der Waals surface area contributed by atoms with Gasteiger partial charge in [0.05, 0.1) is 6.54 Å². The van der Waals surface area contributed by atoms with E-state index in [1.165, 1.54) is 43.2 Å². The summed E-state index contributed by atoms with van der Waals surface area (Å²) in [7, 11) is 4.26. The van der Waals surface area contributed by atoms with Gasteiger partial charge in [0.2, 0.25) is 0 Å². The van der Waals surface area contributed by atoms with Crippen molar-refractivity contribution in [3.63, 3.8) is 0 Å². The second-order valence-electron chi connectivity index (χ2n) is 6.56. The summed E-state index contributed by atoms with van der Waals surface area (Å²) in [6, 6.07) is 7.06. The number of nitrogens with one attached hydrogen (secondary N) is 1. The molecule has 1 fully saturated rings. The molecule has 21 heavy (non-hydrogen) atoms. The summed E-state index contributed by atoms with van der Waals surface area (Å²) in [4.78, 5) is 6.81. The lowest BCUT2D eigenvalue weighted by Gasteiger charge is -2.22. The van der Waals surface area contributed by atoms with Crippen molar-refractivity contribution in [2.24, 2.45) is 16.6 Å². The number of aliphatic imine (C=N–C) groups is 1. The van der Waals surface area contributed by atoms with Crippen LogP contribution in [0.1, 0.15) is 30.4 Å². The second kappa shape index (κ2) is 6.06. The molecule has 2 aliphatic carbocycles. The van der Waals surface area contributed by atoms with E-state index in [-0.39, 0.29) is 0 Å². The lowest BCUT2D eigenvalue weighted by Crippen LogP contribution is -2.34. The Kier molecular flexibility index (Phi) is 4.15. The molecule has 4 nitrogen and oxygen atoms in total. The van der Waals surface area contributed by atoms with Crippen LogP contribution in [0.3, 0.4) is 0 Å². The van der Waals surface area contributed by atoms with Crippen molar-refractivity contribution in [2.45, 2.75) is 38.1 Å². The first-order chi connectivity index (χ1) is 10.1. The molecule has 2 aliphatic rings. The lowest BCUT2D eigenvalue weighted by atomic mass is 10.1. The first-order valence-corrected chi connectivity index (χ1v) is 7.98. The number of anilines is 1. The first-order valence-electron chi connectivity index (χ1n) is 7.98. The maximum Gasteiger partial charge on any atom is 0.193 e. The first kappa shape index (κ1) is 14.4. The molecule has 1 unspecified atom stereocenters. The molecule has 0 spiro atoms. The van der Waals surface area contributed by atoms with E-state index < -0.39 is 0 Å². The largest absolute Gasteiger partial charge is 0.370 e. The molecule has 0 radical (unpaired) electrons. The standard InChI is InChI=1S/C17H26N4/c1-21(2)16(13-6-7-13)11-19-17(18)20-15-9-8-12-4-3-5-14(12)10-15/h8-10,13,16H,3-7,11H2,1-2H3,(H3,18,19,20). The molecule has 0 amide bonds. The topological polar surface area (TPSA) is 53.6 Å². The SMILES string of the molecule is CN(C)C(CN=C(N)Nc1ccc2c(c1)CCC2)C1CC1. The highest BCUT2D eigenvalue weighted by Gasteiger charge is 2.32. The normalized spacial score (nSPS) is 19.7. The van der Waals surface area contributed by atoms with Crippen LogP contribution in [0.25, 0.3) is 0 Å². The van der Waals surface area contributed by atoms with Crippen molar-refractivity contribution in [1.29, 1.82) is 0 Å². The Morgan fingerprint density at radius 1 is 1.33 bits per heavy atom. The number of nitrogens with zero attached hydrogens (tertiary/aromatic N) is 2. The number of hydrogen-bond acceptors (Lipinski definition) is 2. The van der Waals surface area contributed by atoms with Crippen molar-refractivity contribution in [1.82, 2.24) is 4.90 Å². The monoisotopic (exact) mass is 286 g/mol. The van der Waals surface area contributed by atoms with Crippen LogP contribution in [0.2, 0.25) is 0 Å². The van der Waals surface area contributed by atoms with E-state index in [0.29, 0.717) is 12.0 Å². The van der Waals surface area contributed by atoms with E-state index in [0.717, 1.165) is 18.2 Å². The van der Waals surface area contributed by atoms with Gasteiger partial charge >= 0.3 is 0 Å². The summed E-state index contributed by atoms with van der Waals surface area (Å²) in [5.74, 6) is 1.33. The molecule has 3 N–H and O–H groups in total. The minimum atomic E-state index is 0.519. The van der Waals surface area contributed by atoms with Gasteiger partial charge in [0, 0.05) is 11.7 Å². The quantitative estimate of drug-likeness (QED) is 0.645. The molecule has 3 rings (SSSR count). The number of nitrogens with two attached hydrogens (primary N) is 1. The average Bonchev–Trinajstić information content (AvgIpc) is 3.16. The van der Waals surface area contributed by atoms with Crippen molar-refractivity contribution < 1.29 is 0 Å². The van der Waals surface area contributed by atoms with E-state index in [1.807, 2.05) is 0 Å². The zero-order chi connectivity index (χ0) is 14.8. The molecular weight excluding hydrogens is 260 g/mol. The molecule has 0 bridgehead atoms. The summed E-state index contributed by atoms with van der Waals surface area (Å²) < 4.78 is 0. The van der Waals surface area contributed by atoms with Crippen molar-refractivity contribution >= 4 is 11.6 Å². The maximum absolute atomic E-state index is 6.04. The number of rotatable bonds is 5. The van der Waals surface area contributed by atoms with Gasteiger partial charge in [-0.3, -0.25) is 4.99 Å². The van der Waals surface area contributed by atoms with E-state index in [1.54, 1.807) is 0 Å². The van der Waals surface area contributed by atoms with Gasteiger partial charge in [-0.1, -0.05) is 6.07 Å². The van der Waals surface area contributed by atoms with E-state index in [2.05, 4.69) is 47.5 Å². The molecule has 1 aromatic carbocycles. The van der Waals surface area contributed by atoms with Crippen LogP contribution in [0.4, 0.5) is 5.69 Å². The van der Waals surface area contributed by atoms with Crippen LogP contribution in [-0.4, -0.2) is 37.5 Å². The Morgan fingerprint density at radius 3 is 2.81 bits per heavy atom. The van der Waals surface area contributed by atoms with Crippen LogP contribution in [0.15, 0.2) is 23.2 Å². The zero-order valence-corrected chi connectivity index (χ0v) is 13.1. The Bertz CT molecular complexity index is 530. The van der Waals surface area contributed by atoms with Crippen LogP contribution in [0.5, 0.6) is 0 Å². The third kappa shape index (κ3) is 3.56. The second-order valence-corrected chi connectivity index (χ2v) is 6.56. The number of fused-ring (bicyclic) bond motifs is 1. The van der Waals surface area contributed by atoms with Crippen LogP contribution in [0, 0.1) is 5.92 Å². The number of guanidine groups is 1. The molecule has 0 aromatic heterocycles. The molecule has 1 saturated carbocycles. The van der Waals surface area contributed by atoms with E-state index >= 15 is 0 Å². The molecule has 1 aromatic rings. The predicted octanol–water partition coefficient (Wildman–Crippen LogP) is 2.24. The van der Waals surface area contributed by atoms with Gasteiger partial charge in [0.25, 0.3) is 0 Å². The Hall–Kier alpha value is -1.55. The van der Waals surface area contributed by atoms with E-state index in [9.17, 15) is 0 Å². The van der Waals surface area contributed by atoms with Crippen molar-refractivity contribution in [3.05, 3.63) is 29.3 Å². The third-order valence-electron chi connectivity index (χ3n) is 4.65. The van der Waals surface area contributed by atoms with Gasteiger partial charge < -0.3 is 16.0 Å². The Morgan fingerprint density at radius 2 is 2.10 bits per heavy atom. The van der Waals surface area contributed by atoms with Crippen LogP contribution >= 0.6 is 0 Å². The molecular formula is C17H26N4. The number of aryl methyl sites for hydroxylation is 2. The fourth-order valence-electron chi connectivity index (χ4n) is 3.24. The van der Waals surface area contributed by atoms with Gasteiger partial charge in [0.1, 0.15) is 0 Å². The third-order valence-corrected chi connectivity index (χ3v) is 4.65.